The number of hydrogen-bond donors (Lipinski definition) is 2. The highest BCUT2D eigenvalue weighted by Gasteiger charge is 2.42. The first-order valence-electron chi connectivity index (χ1n) is 15.4. The summed E-state index contributed by atoms with van der Waals surface area (Å²) in [4.78, 5) is 7.58. The number of aliphatic hydroxyl groups is 1. The molecule has 2 saturated heterocycles. The fourth-order valence-corrected chi connectivity index (χ4v) is 7.80. The summed E-state index contributed by atoms with van der Waals surface area (Å²) in [6, 6.07) is 34.7. The molecule has 236 valence electrons. The van der Waals surface area contributed by atoms with Gasteiger partial charge in [0.2, 0.25) is 5.88 Å². The number of nitrogens with one attached hydrogen (secondary N) is 1. The van der Waals surface area contributed by atoms with Gasteiger partial charge in [-0.25, -0.2) is 4.98 Å². The van der Waals surface area contributed by atoms with Crippen molar-refractivity contribution in [2.75, 3.05) is 26.7 Å². The Kier molecular flexibility index (Phi) is 10.8. The molecule has 2 N–H and O–H groups in total. The zero-order valence-corrected chi connectivity index (χ0v) is 29.1. The minimum atomic E-state index is -1.20. The molecule has 0 spiro atoms. The Morgan fingerprint density at radius 2 is 1.71 bits per heavy atom. The van der Waals surface area contributed by atoms with Crippen LogP contribution in [-0.2, 0) is 5.60 Å². The highest BCUT2D eigenvalue weighted by atomic mass is 79.9. The number of nitrogens with zero attached hydrogens (tertiary/aromatic N) is 2. The number of ether oxygens (including phenoxy) is 1. The Morgan fingerprint density at radius 1 is 0.933 bits per heavy atom. The minimum absolute atomic E-state index is 0. The van der Waals surface area contributed by atoms with Gasteiger partial charge in [0.05, 0.1) is 12.6 Å². The second-order valence-corrected chi connectivity index (χ2v) is 13.1. The maximum absolute atomic E-state index is 13.2. The van der Waals surface area contributed by atoms with E-state index in [4.69, 9.17) is 9.72 Å². The Hall–Kier alpha value is -2.59. The van der Waals surface area contributed by atoms with Gasteiger partial charge in [-0.3, -0.25) is 4.90 Å². The summed E-state index contributed by atoms with van der Waals surface area (Å²) in [6.07, 6.45) is 3.83. The third-order valence-electron chi connectivity index (χ3n) is 9.56. The second kappa shape index (κ2) is 14.4. The molecule has 7 rings (SSSR count). The molecular weight excluding hydrogens is 662 g/mol. The van der Waals surface area contributed by atoms with Gasteiger partial charge >= 0.3 is 0 Å². The van der Waals surface area contributed by atoms with Crippen LogP contribution in [0.25, 0.3) is 21.7 Å². The number of fused-ring (bicyclic) bond motifs is 4. The SMILES string of the molecule is COc1nc2ccc(Br)cc2cc1C(c1ccccc1)C(O)(CCCCN1CC2CC1CN2)c1ccc2ccccc2c1.S.S. The van der Waals surface area contributed by atoms with E-state index in [2.05, 4.69) is 105 Å². The van der Waals surface area contributed by atoms with Crippen LogP contribution in [0.5, 0.6) is 5.88 Å². The van der Waals surface area contributed by atoms with Crippen LogP contribution in [0, 0.1) is 0 Å². The first-order chi connectivity index (χ1) is 21.0. The molecule has 0 amide bonds. The average Bonchev–Trinajstić information content (AvgIpc) is 3.67. The van der Waals surface area contributed by atoms with Crippen LogP contribution in [0.4, 0.5) is 0 Å². The van der Waals surface area contributed by atoms with Gasteiger partial charge in [-0.1, -0.05) is 82.7 Å². The van der Waals surface area contributed by atoms with Gasteiger partial charge in [0, 0.05) is 46.5 Å². The summed E-state index contributed by atoms with van der Waals surface area (Å²) < 4.78 is 6.95. The number of unbranched alkanes of at least 4 members (excludes halogenated alkanes) is 1. The molecule has 0 aliphatic carbocycles. The van der Waals surface area contributed by atoms with E-state index >= 15 is 0 Å². The summed E-state index contributed by atoms with van der Waals surface area (Å²) >= 11 is 3.64. The molecule has 0 radical (unpaired) electrons. The quantitative estimate of drug-likeness (QED) is 0.147. The van der Waals surface area contributed by atoms with E-state index < -0.39 is 11.5 Å². The minimum Gasteiger partial charge on any atom is -0.481 e. The van der Waals surface area contributed by atoms with E-state index in [-0.39, 0.29) is 27.0 Å². The van der Waals surface area contributed by atoms with Crippen LogP contribution in [0.1, 0.15) is 48.3 Å². The Balaban J connectivity index is 0.00000200. The van der Waals surface area contributed by atoms with Crippen LogP contribution in [0.2, 0.25) is 0 Å². The lowest BCUT2D eigenvalue weighted by Crippen LogP contribution is -2.43. The molecule has 45 heavy (non-hydrogen) atoms. The van der Waals surface area contributed by atoms with E-state index in [1.807, 2.05) is 18.2 Å². The van der Waals surface area contributed by atoms with Crippen molar-refractivity contribution in [1.29, 1.82) is 0 Å². The van der Waals surface area contributed by atoms with Crippen LogP contribution >= 0.6 is 42.9 Å². The molecule has 2 aliphatic heterocycles. The fraction of sp³-hybridized carbons (Fsp3) is 0.324. The lowest BCUT2D eigenvalue weighted by Gasteiger charge is -2.38. The van der Waals surface area contributed by atoms with Crippen LogP contribution in [0.3, 0.4) is 0 Å². The van der Waals surface area contributed by atoms with E-state index in [1.54, 1.807) is 7.11 Å². The van der Waals surface area contributed by atoms with Crippen molar-refractivity contribution in [1.82, 2.24) is 15.2 Å². The molecule has 3 heterocycles. The fourth-order valence-electron chi connectivity index (χ4n) is 7.42. The lowest BCUT2D eigenvalue weighted by atomic mass is 9.71. The van der Waals surface area contributed by atoms with Crippen molar-refractivity contribution in [2.45, 2.75) is 49.3 Å². The van der Waals surface area contributed by atoms with Gasteiger partial charge in [-0.05, 0) is 84.5 Å². The van der Waals surface area contributed by atoms with E-state index in [1.165, 1.54) is 6.42 Å². The summed E-state index contributed by atoms with van der Waals surface area (Å²) in [5, 5.41) is 20.1. The molecule has 5 nitrogen and oxygen atoms in total. The van der Waals surface area contributed by atoms with E-state index in [0.717, 1.165) is 75.3 Å². The number of methoxy groups -OCH3 is 1. The molecule has 2 fully saturated rings. The number of benzene rings is 4. The first-order valence-corrected chi connectivity index (χ1v) is 16.2. The molecule has 8 heteroatoms. The van der Waals surface area contributed by atoms with Crippen LogP contribution in [-0.4, -0.2) is 53.8 Å². The molecule has 4 aromatic carbocycles. The lowest BCUT2D eigenvalue weighted by molar-refractivity contribution is 0.00653. The number of likely N-dealkylation sites (tertiary alicyclic amines) is 1. The molecule has 1 aromatic heterocycles. The van der Waals surface area contributed by atoms with Crippen molar-refractivity contribution in [2.24, 2.45) is 0 Å². The smallest absolute Gasteiger partial charge is 0.217 e. The third-order valence-corrected chi connectivity index (χ3v) is 10.1. The standard InChI is InChI=1S/C37H38BrN3O2.2H2S/c1-43-36-33(21-28-20-30(38)15-16-34(28)40-36)35(26-10-3-2-4-11-26)37(42,29-14-13-25-9-5-6-12-27(25)19-29)17-7-8-18-41-24-31-22-32(41)23-39-31;;/h2-6,9-16,19-21,31-32,35,39,42H,7-8,17-18,22-24H2,1H3;2*1H2. The predicted molar refractivity (Wildman–Crippen MR) is 199 cm³/mol. The van der Waals surface area contributed by atoms with Crippen molar-refractivity contribution in [3.05, 3.63) is 118 Å². The van der Waals surface area contributed by atoms with Crippen molar-refractivity contribution < 1.29 is 9.84 Å². The molecule has 2 bridgehead atoms. The average molecular weight is 705 g/mol. The Bertz CT molecular complexity index is 1760. The van der Waals surface area contributed by atoms with Gasteiger partial charge in [0.25, 0.3) is 0 Å². The highest BCUT2D eigenvalue weighted by Crippen LogP contribution is 2.48. The highest BCUT2D eigenvalue weighted by molar-refractivity contribution is 9.10. The first kappa shape index (κ1) is 33.8. The van der Waals surface area contributed by atoms with Crippen molar-refractivity contribution >= 4 is 64.6 Å². The number of halogens is 1. The summed E-state index contributed by atoms with van der Waals surface area (Å²) in [5.41, 5.74) is 2.50. The van der Waals surface area contributed by atoms with Gasteiger partial charge in [0.1, 0.15) is 5.60 Å². The second-order valence-electron chi connectivity index (χ2n) is 12.2. The van der Waals surface area contributed by atoms with E-state index in [9.17, 15) is 5.11 Å². The number of aromatic nitrogens is 1. The summed E-state index contributed by atoms with van der Waals surface area (Å²) in [7, 11) is 1.67. The maximum Gasteiger partial charge on any atom is 0.217 e. The monoisotopic (exact) mass is 703 g/mol. The maximum atomic E-state index is 13.2. The number of hydrogen-bond acceptors (Lipinski definition) is 5. The van der Waals surface area contributed by atoms with Gasteiger partial charge in [-0.2, -0.15) is 27.0 Å². The molecular formula is C37H42BrN3O2S2. The molecule has 2 aliphatic rings. The predicted octanol–water partition coefficient (Wildman–Crippen LogP) is 7.62. The largest absolute Gasteiger partial charge is 0.481 e. The zero-order valence-electron chi connectivity index (χ0n) is 25.5. The Labute approximate surface area is 288 Å². The molecule has 5 aromatic rings. The third kappa shape index (κ3) is 6.78. The van der Waals surface area contributed by atoms with Gasteiger partial charge < -0.3 is 15.2 Å². The topological polar surface area (TPSA) is 57.6 Å². The molecule has 0 saturated carbocycles. The van der Waals surface area contributed by atoms with E-state index in [0.29, 0.717) is 24.4 Å². The van der Waals surface area contributed by atoms with Crippen LogP contribution in [0.15, 0.2) is 102 Å². The van der Waals surface area contributed by atoms with Crippen molar-refractivity contribution in [3.8, 4) is 5.88 Å². The summed E-state index contributed by atoms with van der Waals surface area (Å²) in [5.74, 6) is 0.149. The van der Waals surface area contributed by atoms with Gasteiger partial charge in [0.15, 0.2) is 0 Å². The number of pyridine rings is 1. The zero-order chi connectivity index (χ0) is 29.4. The Morgan fingerprint density at radius 3 is 2.44 bits per heavy atom. The van der Waals surface area contributed by atoms with Gasteiger partial charge in [-0.15, -0.1) is 0 Å². The summed E-state index contributed by atoms with van der Waals surface area (Å²) in [6.45, 7) is 3.32. The number of rotatable bonds is 10. The normalized spacial score (nSPS) is 19.5. The number of piperazine rings is 1. The van der Waals surface area contributed by atoms with Crippen LogP contribution < -0.4 is 10.1 Å². The van der Waals surface area contributed by atoms with Crippen molar-refractivity contribution in [3.63, 3.8) is 0 Å². The molecule has 4 unspecified atom stereocenters. The molecule has 4 atom stereocenters.